The molecule has 1 aromatic carbocycles. The molecule has 0 radical (unpaired) electrons. The lowest BCUT2D eigenvalue weighted by atomic mass is 10.0. The normalized spacial score (nSPS) is 32.1. The van der Waals surface area contributed by atoms with Crippen LogP contribution >= 0.6 is 15.9 Å². The van der Waals surface area contributed by atoms with Gasteiger partial charge in [0.25, 0.3) is 0 Å². The Morgan fingerprint density at radius 2 is 1.95 bits per heavy atom. The molecule has 3 N–H and O–H groups in total. The van der Waals surface area contributed by atoms with Gasteiger partial charge in [-0.3, -0.25) is 4.79 Å². The summed E-state index contributed by atoms with van der Waals surface area (Å²) in [5.41, 5.74) is 7.05. The molecule has 0 heterocycles. The van der Waals surface area contributed by atoms with Crippen LogP contribution in [0.15, 0.2) is 28.7 Å². The third kappa shape index (κ3) is 3.23. The van der Waals surface area contributed by atoms with Crippen molar-refractivity contribution in [2.24, 2.45) is 17.6 Å². The first-order valence-electron chi connectivity index (χ1n) is 7.39. The van der Waals surface area contributed by atoms with E-state index in [2.05, 4.69) is 21.2 Å². The molecule has 108 valence electrons. The summed E-state index contributed by atoms with van der Waals surface area (Å²) in [6, 6.07) is 8.69. The van der Waals surface area contributed by atoms with Crippen molar-refractivity contribution in [1.82, 2.24) is 5.32 Å². The van der Waals surface area contributed by atoms with Gasteiger partial charge in [-0.15, -0.1) is 0 Å². The third-order valence-corrected chi connectivity index (χ3v) is 5.16. The highest BCUT2D eigenvalue weighted by Crippen LogP contribution is 2.43. The van der Waals surface area contributed by atoms with Gasteiger partial charge in [0.05, 0.1) is 6.42 Å². The van der Waals surface area contributed by atoms with Gasteiger partial charge in [0.15, 0.2) is 0 Å². The Labute approximate surface area is 128 Å². The van der Waals surface area contributed by atoms with E-state index in [4.69, 9.17) is 5.73 Å². The van der Waals surface area contributed by atoms with E-state index in [1.807, 2.05) is 24.3 Å². The van der Waals surface area contributed by atoms with Crippen LogP contribution in [0.2, 0.25) is 0 Å². The van der Waals surface area contributed by atoms with Crippen molar-refractivity contribution in [3.63, 3.8) is 0 Å². The molecule has 2 fully saturated rings. The predicted molar refractivity (Wildman–Crippen MR) is 83.2 cm³/mol. The highest BCUT2D eigenvalue weighted by molar-refractivity contribution is 9.10. The van der Waals surface area contributed by atoms with Crippen LogP contribution in [0.25, 0.3) is 0 Å². The second-order valence-corrected chi connectivity index (χ2v) is 7.21. The number of halogens is 1. The minimum Gasteiger partial charge on any atom is -0.353 e. The quantitative estimate of drug-likeness (QED) is 0.891. The zero-order chi connectivity index (χ0) is 14.1. The molecule has 0 saturated heterocycles. The van der Waals surface area contributed by atoms with Gasteiger partial charge in [-0.2, -0.15) is 0 Å². The Morgan fingerprint density at radius 3 is 2.60 bits per heavy atom. The fourth-order valence-corrected chi connectivity index (χ4v) is 4.34. The largest absolute Gasteiger partial charge is 0.353 e. The average Bonchev–Trinajstić information content (AvgIpc) is 2.85. The molecule has 2 atom stereocenters. The molecule has 2 unspecified atom stereocenters. The van der Waals surface area contributed by atoms with Crippen molar-refractivity contribution in [1.29, 1.82) is 0 Å². The Bertz CT molecular complexity index is 491. The SMILES string of the molecule is NC1CC2CC(NC(=O)Cc3cccc(Br)c3)CC2C1. The summed E-state index contributed by atoms with van der Waals surface area (Å²) in [5.74, 6) is 1.61. The van der Waals surface area contributed by atoms with Gasteiger partial charge in [-0.05, 0) is 55.2 Å². The molecule has 0 aromatic heterocycles. The molecule has 1 amide bonds. The molecule has 2 saturated carbocycles. The van der Waals surface area contributed by atoms with Crippen molar-refractivity contribution in [2.45, 2.75) is 44.2 Å². The second-order valence-electron chi connectivity index (χ2n) is 6.29. The van der Waals surface area contributed by atoms with E-state index in [-0.39, 0.29) is 5.91 Å². The maximum absolute atomic E-state index is 12.1. The zero-order valence-corrected chi connectivity index (χ0v) is 13.1. The number of nitrogens with one attached hydrogen (secondary N) is 1. The fraction of sp³-hybridized carbons (Fsp3) is 0.562. The maximum Gasteiger partial charge on any atom is 0.224 e. The predicted octanol–water partition coefficient (Wildman–Crippen LogP) is 2.62. The van der Waals surface area contributed by atoms with Crippen molar-refractivity contribution in [3.05, 3.63) is 34.3 Å². The van der Waals surface area contributed by atoms with E-state index in [0.717, 1.165) is 47.6 Å². The monoisotopic (exact) mass is 336 g/mol. The van der Waals surface area contributed by atoms with Gasteiger partial charge in [0.1, 0.15) is 0 Å². The first-order chi connectivity index (χ1) is 9.60. The first-order valence-corrected chi connectivity index (χ1v) is 8.19. The highest BCUT2D eigenvalue weighted by Gasteiger charge is 2.40. The van der Waals surface area contributed by atoms with E-state index >= 15 is 0 Å². The second kappa shape index (κ2) is 5.86. The molecule has 0 aliphatic heterocycles. The minimum absolute atomic E-state index is 0.136. The maximum atomic E-state index is 12.1. The average molecular weight is 337 g/mol. The number of rotatable bonds is 3. The van der Waals surface area contributed by atoms with Crippen LogP contribution in [0, 0.1) is 11.8 Å². The van der Waals surface area contributed by atoms with Crippen LogP contribution in [0.3, 0.4) is 0 Å². The molecule has 2 aliphatic rings. The highest BCUT2D eigenvalue weighted by atomic mass is 79.9. The molecule has 0 spiro atoms. The lowest BCUT2D eigenvalue weighted by Gasteiger charge is -2.15. The summed E-state index contributed by atoms with van der Waals surface area (Å²) >= 11 is 3.43. The summed E-state index contributed by atoms with van der Waals surface area (Å²) in [6.45, 7) is 0. The minimum atomic E-state index is 0.136. The third-order valence-electron chi connectivity index (χ3n) is 4.67. The number of carbonyl (C=O) groups excluding carboxylic acids is 1. The summed E-state index contributed by atoms with van der Waals surface area (Å²) < 4.78 is 1.02. The van der Waals surface area contributed by atoms with Gasteiger partial charge in [0, 0.05) is 16.6 Å². The fourth-order valence-electron chi connectivity index (χ4n) is 3.89. The molecule has 20 heavy (non-hydrogen) atoms. The van der Waals surface area contributed by atoms with E-state index in [1.54, 1.807) is 0 Å². The number of amides is 1. The van der Waals surface area contributed by atoms with Gasteiger partial charge in [-0.1, -0.05) is 28.1 Å². The van der Waals surface area contributed by atoms with Crippen LogP contribution in [0.1, 0.15) is 31.2 Å². The summed E-state index contributed by atoms with van der Waals surface area (Å²) in [5, 5.41) is 3.20. The van der Waals surface area contributed by atoms with E-state index < -0.39 is 0 Å². The number of hydrogen-bond donors (Lipinski definition) is 2. The smallest absolute Gasteiger partial charge is 0.224 e. The van der Waals surface area contributed by atoms with Crippen LogP contribution in [-0.4, -0.2) is 18.0 Å². The summed E-state index contributed by atoms with van der Waals surface area (Å²) in [6.07, 6.45) is 4.97. The number of hydrogen-bond acceptors (Lipinski definition) is 2. The molecule has 0 bridgehead atoms. The number of benzene rings is 1. The van der Waals surface area contributed by atoms with Gasteiger partial charge in [-0.25, -0.2) is 0 Å². The molecular formula is C16H21BrN2O. The topological polar surface area (TPSA) is 55.1 Å². The van der Waals surface area contributed by atoms with Gasteiger partial charge < -0.3 is 11.1 Å². The summed E-state index contributed by atoms with van der Waals surface area (Å²) in [7, 11) is 0. The Morgan fingerprint density at radius 1 is 1.25 bits per heavy atom. The van der Waals surface area contributed by atoms with E-state index in [1.165, 1.54) is 0 Å². The van der Waals surface area contributed by atoms with E-state index in [0.29, 0.717) is 18.5 Å². The Hall–Kier alpha value is -0.870. The zero-order valence-electron chi connectivity index (χ0n) is 11.5. The number of nitrogens with two attached hydrogens (primary N) is 1. The van der Waals surface area contributed by atoms with Crippen molar-refractivity contribution < 1.29 is 4.79 Å². The Kier molecular flexibility index (Phi) is 4.13. The first kappa shape index (κ1) is 14.1. The standard InChI is InChI=1S/C16H21BrN2O/c17-13-3-1-2-10(4-13)5-16(20)19-15-8-11-6-14(18)7-12(11)9-15/h1-4,11-12,14-15H,5-9,18H2,(H,19,20). The molecule has 4 heteroatoms. The van der Waals surface area contributed by atoms with E-state index in [9.17, 15) is 4.79 Å². The van der Waals surface area contributed by atoms with Crippen LogP contribution in [0.5, 0.6) is 0 Å². The van der Waals surface area contributed by atoms with Crippen LogP contribution in [-0.2, 0) is 11.2 Å². The lowest BCUT2D eigenvalue weighted by molar-refractivity contribution is -0.121. The van der Waals surface area contributed by atoms with Crippen molar-refractivity contribution in [3.8, 4) is 0 Å². The van der Waals surface area contributed by atoms with Crippen molar-refractivity contribution in [2.75, 3.05) is 0 Å². The Balaban J connectivity index is 1.51. The molecule has 1 aromatic rings. The van der Waals surface area contributed by atoms with Gasteiger partial charge in [0.2, 0.25) is 5.91 Å². The van der Waals surface area contributed by atoms with Crippen LogP contribution < -0.4 is 11.1 Å². The van der Waals surface area contributed by atoms with Crippen LogP contribution in [0.4, 0.5) is 0 Å². The molecule has 3 rings (SSSR count). The van der Waals surface area contributed by atoms with Gasteiger partial charge >= 0.3 is 0 Å². The molecular weight excluding hydrogens is 316 g/mol. The number of carbonyl (C=O) groups is 1. The van der Waals surface area contributed by atoms with Crippen molar-refractivity contribution >= 4 is 21.8 Å². The summed E-state index contributed by atoms with van der Waals surface area (Å²) in [4.78, 5) is 12.1. The lowest BCUT2D eigenvalue weighted by Crippen LogP contribution is -2.35. The molecule has 2 aliphatic carbocycles. The number of fused-ring (bicyclic) bond motifs is 1. The molecule has 3 nitrogen and oxygen atoms in total.